The van der Waals surface area contributed by atoms with Gasteiger partial charge < -0.3 is 0 Å². The predicted molar refractivity (Wildman–Crippen MR) is 105 cm³/mol. The van der Waals surface area contributed by atoms with Gasteiger partial charge in [-0.25, -0.2) is 9.67 Å². The van der Waals surface area contributed by atoms with Gasteiger partial charge in [0, 0.05) is 22.7 Å². The molecule has 4 nitrogen and oxygen atoms in total. The second-order valence-electron chi connectivity index (χ2n) is 5.63. The van der Waals surface area contributed by atoms with Crippen LogP contribution in [0, 0.1) is 11.3 Å². The van der Waals surface area contributed by atoms with Crippen LogP contribution < -0.4 is 0 Å². The first-order valence-electron chi connectivity index (χ1n) is 8.07. The van der Waals surface area contributed by atoms with E-state index in [1.54, 1.807) is 10.9 Å². The van der Waals surface area contributed by atoms with E-state index in [9.17, 15) is 5.26 Å². The van der Waals surface area contributed by atoms with Crippen molar-refractivity contribution in [1.82, 2.24) is 14.8 Å². The van der Waals surface area contributed by atoms with Crippen molar-refractivity contribution in [2.24, 2.45) is 0 Å². The van der Waals surface area contributed by atoms with Crippen LogP contribution in [0.5, 0.6) is 0 Å². The van der Waals surface area contributed by atoms with E-state index in [2.05, 4.69) is 16.2 Å². The highest BCUT2D eigenvalue weighted by Gasteiger charge is 2.09. The highest BCUT2D eigenvalue weighted by molar-refractivity contribution is 7.11. The quantitative estimate of drug-likeness (QED) is 0.481. The van der Waals surface area contributed by atoms with Crippen molar-refractivity contribution in [3.8, 4) is 23.0 Å². The van der Waals surface area contributed by atoms with Crippen LogP contribution >= 0.6 is 11.3 Å². The van der Waals surface area contributed by atoms with Gasteiger partial charge >= 0.3 is 0 Å². The molecule has 26 heavy (non-hydrogen) atoms. The summed E-state index contributed by atoms with van der Waals surface area (Å²) >= 11 is 1.47. The molecule has 0 aliphatic heterocycles. The van der Waals surface area contributed by atoms with Gasteiger partial charge in [-0.1, -0.05) is 48.5 Å². The van der Waals surface area contributed by atoms with Gasteiger partial charge in [0.1, 0.15) is 11.1 Å². The molecule has 4 aromatic rings. The minimum Gasteiger partial charge on any atom is -0.240 e. The lowest BCUT2D eigenvalue weighted by Crippen LogP contribution is -1.92. The minimum atomic E-state index is 0.532. The van der Waals surface area contributed by atoms with Crippen molar-refractivity contribution < 1.29 is 0 Å². The van der Waals surface area contributed by atoms with Gasteiger partial charge in [-0.2, -0.15) is 10.4 Å². The monoisotopic (exact) mass is 354 g/mol. The van der Waals surface area contributed by atoms with E-state index in [1.165, 1.54) is 11.3 Å². The molecule has 0 saturated carbocycles. The number of nitrogens with zero attached hydrogens (tertiary/aromatic N) is 4. The van der Waals surface area contributed by atoms with Crippen molar-refractivity contribution >= 4 is 23.0 Å². The first-order valence-corrected chi connectivity index (χ1v) is 8.95. The van der Waals surface area contributed by atoms with E-state index in [-0.39, 0.29) is 0 Å². The minimum absolute atomic E-state index is 0.532. The van der Waals surface area contributed by atoms with E-state index in [1.807, 2.05) is 78.3 Å². The molecule has 2 aromatic carbocycles. The van der Waals surface area contributed by atoms with E-state index < -0.39 is 0 Å². The van der Waals surface area contributed by atoms with Crippen LogP contribution in [0.1, 0.15) is 10.6 Å². The molecule has 0 amide bonds. The predicted octanol–water partition coefficient (Wildman–Crippen LogP) is 5.06. The second kappa shape index (κ2) is 7.18. The Balaban J connectivity index is 1.63. The van der Waals surface area contributed by atoms with Crippen LogP contribution in [-0.2, 0) is 0 Å². The fraction of sp³-hybridized carbons (Fsp3) is 0. The Morgan fingerprint density at radius 3 is 2.50 bits per heavy atom. The van der Waals surface area contributed by atoms with E-state index in [4.69, 9.17) is 0 Å². The molecule has 0 fully saturated rings. The number of aromatic nitrogens is 3. The Labute approximate surface area is 155 Å². The Kier molecular flexibility index (Phi) is 4.42. The Hall–Kier alpha value is -3.49. The number of para-hydroxylation sites is 1. The standard InChI is InChI=1S/C21H14N4S/c22-12-18(21-24-20(15-26-21)17-7-3-1-4-8-17)11-16-13-23-25(14-16)19-9-5-2-6-10-19/h1-11,13-15H/b18-11+. The largest absolute Gasteiger partial charge is 0.240 e. The average Bonchev–Trinajstić information content (AvgIpc) is 3.37. The Bertz CT molecular complexity index is 1090. The van der Waals surface area contributed by atoms with Crippen LogP contribution in [0.15, 0.2) is 78.4 Å². The summed E-state index contributed by atoms with van der Waals surface area (Å²) in [6.07, 6.45) is 5.47. The molecule has 0 aliphatic carbocycles. The SMILES string of the molecule is N#C/C(=C\c1cnn(-c2ccccc2)c1)c1nc(-c2ccccc2)cs1. The molecule has 5 heteroatoms. The van der Waals surface area contributed by atoms with Gasteiger partial charge in [0.05, 0.1) is 23.2 Å². The molecule has 0 bridgehead atoms. The molecule has 0 radical (unpaired) electrons. The molecule has 0 saturated heterocycles. The molecule has 0 spiro atoms. The van der Waals surface area contributed by atoms with Gasteiger partial charge in [-0.3, -0.25) is 0 Å². The zero-order valence-electron chi connectivity index (χ0n) is 13.8. The van der Waals surface area contributed by atoms with E-state index >= 15 is 0 Å². The summed E-state index contributed by atoms with van der Waals surface area (Å²) in [4.78, 5) is 4.61. The number of nitriles is 1. The van der Waals surface area contributed by atoms with Gasteiger partial charge in [-0.05, 0) is 18.2 Å². The number of allylic oxidation sites excluding steroid dienone is 1. The second-order valence-corrected chi connectivity index (χ2v) is 6.49. The third kappa shape index (κ3) is 3.32. The molecule has 124 valence electrons. The van der Waals surface area contributed by atoms with Crippen molar-refractivity contribution in [2.45, 2.75) is 0 Å². The van der Waals surface area contributed by atoms with Gasteiger partial charge in [0.2, 0.25) is 0 Å². The number of thiazole rings is 1. The van der Waals surface area contributed by atoms with Crippen molar-refractivity contribution in [3.05, 3.63) is 89.0 Å². The molecular weight excluding hydrogens is 340 g/mol. The number of hydrogen-bond donors (Lipinski definition) is 0. The molecule has 2 aromatic heterocycles. The van der Waals surface area contributed by atoms with E-state index in [0.29, 0.717) is 10.6 Å². The average molecular weight is 354 g/mol. The van der Waals surface area contributed by atoms with Gasteiger partial charge in [0.15, 0.2) is 0 Å². The summed E-state index contributed by atoms with van der Waals surface area (Å²) in [6.45, 7) is 0. The zero-order chi connectivity index (χ0) is 17.8. The fourth-order valence-corrected chi connectivity index (χ4v) is 3.38. The molecule has 0 N–H and O–H groups in total. The third-order valence-electron chi connectivity index (χ3n) is 3.86. The summed E-state index contributed by atoms with van der Waals surface area (Å²) in [5, 5.41) is 16.6. The summed E-state index contributed by atoms with van der Waals surface area (Å²) in [5.74, 6) is 0. The number of hydrogen-bond acceptors (Lipinski definition) is 4. The van der Waals surface area contributed by atoms with Crippen LogP contribution in [0.3, 0.4) is 0 Å². The fourth-order valence-electron chi connectivity index (χ4n) is 2.58. The Morgan fingerprint density at radius 2 is 1.77 bits per heavy atom. The number of rotatable bonds is 4. The van der Waals surface area contributed by atoms with Crippen molar-refractivity contribution in [2.75, 3.05) is 0 Å². The highest BCUT2D eigenvalue weighted by atomic mass is 32.1. The van der Waals surface area contributed by atoms with Crippen molar-refractivity contribution in [1.29, 1.82) is 5.26 Å². The maximum atomic E-state index is 9.57. The molecule has 0 aliphatic rings. The molecule has 4 rings (SSSR count). The summed E-state index contributed by atoms with van der Waals surface area (Å²) < 4.78 is 1.79. The lowest BCUT2D eigenvalue weighted by Gasteiger charge is -1.98. The maximum absolute atomic E-state index is 9.57. The topological polar surface area (TPSA) is 54.5 Å². The number of benzene rings is 2. The maximum Gasteiger partial charge on any atom is 0.134 e. The summed E-state index contributed by atoms with van der Waals surface area (Å²) in [6, 6.07) is 22.1. The normalized spacial score (nSPS) is 11.3. The Morgan fingerprint density at radius 1 is 1.04 bits per heavy atom. The van der Waals surface area contributed by atoms with Crippen LogP contribution in [-0.4, -0.2) is 14.8 Å². The highest BCUT2D eigenvalue weighted by Crippen LogP contribution is 2.27. The first kappa shape index (κ1) is 16.0. The molecule has 0 unspecified atom stereocenters. The lowest BCUT2D eigenvalue weighted by molar-refractivity contribution is 0.880. The van der Waals surface area contributed by atoms with Crippen LogP contribution in [0.2, 0.25) is 0 Å². The third-order valence-corrected chi connectivity index (χ3v) is 4.73. The van der Waals surface area contributed by atoms with E-state index in [0.717, 1.165) is 22.5 Å². The lowest BCUT2D eigenvalue weighted by atomic mass is 10.2. The summed E-state index contributed by atoms with van der Waals surface area (Å²) in [7, 11) is 0. The van der Waals surface area contributed by atoms with Gasteiger partial charge in [0.25, 0.3) is 0 Å². The van der Waals surface area contributed by atoms with Crippen molar-refractivity contribution in [3.63, 3.8) is 0 Å². The smallest absolute Gasteiger partial charge is 0.134 e. The zero-order valence-corrected chi connectivity index (χ0v) is 14.6. The summed E-state index contributed by atoms with van der Waals surface area (Å²) in [5.41, 5.74) is 4.30. The molecule has 2 heterocycles. The molecular formula is C21H14N4S. The van der Waals surface area contributed by atoms with Gasteiger partial charge in [-0.15, -0.1) is 11.3 Å². The molecule has 0 atom stereocenters. The van der Waals surface area contributed by atoms with Crippen LogP contribution in [0.4, 0.5) is 0 Å². The first-order chi connectivity index (χ1) is 12.8. The van der Waals surface area contributed by atoms with Crippen LogP contribution in [0.25, 0.3) is 28.6 Å².